The standard InChI is InChI=1S/C21H16N4O3/c1-28-21(27)14-6-8-16(9-7-14)24-17-10-11-23-19(12-17)20(26)25-18-5-3-2-4-15(18)13-22/h2-12H,1H3,(H,23,24)(H,25,26). The molecule has 7 heteroatoms. The van der Waals surface area contributed by atoms with Crippen LogP contribution in [0.15, 0.2) is 66.9 Å². The molecule has 0 fully saturated rings. The quantitative estimate of drug-likeness (QED) is 0.661. The molecule has 0 aliphatic carbocycles. The van der Waals surface area contributed by atoms with Crippen molar-refractivity contribution in [2.24, 2.45) is 0 Å². The van der Waals surface area contributed by atoms with Crippen molar-refractivity contribution >= 4 is 28.9 Å². The number of benzene rings is 2. The number of rotatable bonds is 5. The fourth-order valence-corrected chi connectivity index (χ4v) is 2.48. The topological polar surface area (TPSA) is 104 Å². The zero-order chi connectivity index (χ0) is 19.9. The highest BCUT2D eigenvalue weighted by Crippen LogP contribution is 2.19. The average Bonchev–Trinajstić information content (AvgIpc) is 2.74. The number of methoxy groups -OCH3 is 1. The predicted octanol–water partition coefficient (Wildman–Crippen LogP) is 3.74. The molecule has 0 aliphatic rings. The third-order valence-electron chi connectivity index (χ3n) is 3.88. The van der Waals surface area contributed by atoms with E-state index in [9.17, 15) is 9.59 Å². The minimum absolute atomic E-state index is 0.198. The maximum absolute atomic E-state index is 12.5. The summed E-state index contributed by atoms with van der Waals surface area (Å²) >= 11 is 0. The predicted molar refractivity (Wildman–Crippen MR) is 104 cm³/mol. The number of esters is 1. The summed E-state index contributed by atoms with van der Waals surface area (Å²) in [5.41, 5.74) is 2.83. The van der Waals surface area contributed by atoms with Crippen LogP contribution in [0.5, 0.6) is 0 Å². The van der Waals surface area contributed by atoms with E-state index in [0.29, 0.717) is 22.5 Å². The Balaban J connectivity index is 1.74. The normalized spacial score (nSPS) is 9.86. The number of pyridine rings is 1. The first-order chi connectivity index (χ1) is 13.6. The van der Waals surface area contributed by atoms with E-state index in [1.807, 2.05) is 6.07 Å². The summed E-state index contributed by atoms with van der Waals surface area (Å²) in [5, 5.41) is 15.0. The van der Waals surface area contributed by atoms with Crippen molar-refractivity contribution in [1.29, 1.82) is 5.26 Å². The van der Waals surface area contributed by atoms with E-state index >= 15 is 0 Å². The molecule has 0 aliphatic heterocycles. The lowest BCUT2D eigenvalue weighted by molar-refractivity contribution is 0.0600. The summed E-state index contributed by atoms with van der Waals surface area (Å²) in [7, 11) is 1.33. The number of hydrogen-bond acceptors (Lipinski definition) is 6. The van der Waals surface area contributed by atoms with E-state index in [4.69, 9.17) is 5.26 Å². The number of anilines is 3. The van der Waals surface area contributed by atoms with Crippen molar-refractivity contribution < 1.29 is 14.3 Å². The highest BCUT2D eigenvalue weighted by Gasteiger charge is 2.11. The van der Waals surface area contributed by atoms with Gasteiger partial charge in [0.1, 0.15) is 11.8 Å². The number of nitrogens with one attached hydrogen (secondary N) is 2. The van der Waals surface area contributed by atoms with Gasteiger partial charge in [0, 0.05) is 17.6 Å². The van der Waals surface area contributed by atoms with Crippen molar-refractivity contribution in [2.75, 3.05) is 17.7 Å². The number of amides is 1. The molecule has 2 N–H and O–H groups in total. The highest BCUT2D eigenvalue weighted by atomic mass is 16.5. The number of hydrogen-bond donors (Lipinski definition) is 2. The molecule has 3 aromatic rings. The third kappa shape index (κ3) is 4.31. The van der Waals surface area contributed by atoms with Crippen LogP contribution in [0, 0.1) is 11.3 Å². The molecule has 28 heavy (non-hydrogen) atoms. The van der Waals surface area contributed by atoms with Gasteiger partial charge in [-0.25, -0.2) is 4.79 Å². The lowest BCUT2D eigenvalue weighted by Crippen LogP contribution is -2.14. The molecular formula is C21H16N4O3. The van der Waals surface area contributed by atoms with Gasteiger partial charge in [0.15, 0.2) is 0 Å². The Bertz CT molecular complexity index is 1060. The lowest BCUT2D eigenvalue weighted by Gasteiger charge is -2.09. The van der Waals surface area contributed by atoms with Crippen LogP contribution in [-0.2, 0) is 4.74 Å². The molecule has 0 saturated heterocycles. The molecule has 1 heterocycles. The molecule has 0 saturated carbocycles. The van der Waals surface area contributed by atoms with Crippen molar-refractivity contribution in [3.05, 3.63) is 83.7 Å². The van der Waals surface area contributed by atoms with Crippen LogP contribution in [0.1, 0.15) is 26.4 Å². The Morgan fingerprint density at radius 1 is 1.04 bits per heavy atom. The van der Waals surface area contributed by atoms with Gasteiger partial charge in [-0.2, -0.15) is 5.26 Å². The SMILES string of the molecule is COC(=O)c1ccc(Nc2ccnc(C(=O)Nc3ccccc3C#N)c2)cc1. The largest absolute Gasteiger partial charge is 0.465 e. The minimum atomic E-state index is -0.424. The van der Waals surface area contributed by atoms with E-state index < -0.39 is 11.9 Å². The Labute approximate surface area is 161 Å². The van der Waals surface area contributed by atoms with Crippen LogP contribution in [0.4, 0.5) is 17.1 Å². The number of carbonyl (C=O) groups excluding carboxylic acids is 2. The van der Waals surface area contributed by atoms with Crippen molar-refractivity contribution in [3.8, 4) is 6.07 Å². The van der Waals surface area contributed by atoms with Gasteiger partial charge in [-0.15, -0.1) is 0 Å². The summed E-state index contributed by atoms with van der Waals surface area (Å²) < 4.78 is 4.67. The second-order valence-electron chi connectivity index (χ2n) is 5.74. The first-order valence-electron chi connectivity index (χ1n) is 8.32. The van der Waals surface area contributed by atoms with E-state index in [1.54, 1.807) is 60.7 Å². The molecule has 0 radical (unpaired) electrons. The van der Waals surface area contributed by atoms with Gasteiger partial charge < -0.3 is 15.4 Å². The van der Waals surface area contributed by atoms with Gasteiger partial charge in [-0.1, -0.05) is 12.1 Å². The number of nitriles is 1. The van der Waals surface area contributed by atoms with Gasteiger partial charge in [-0.3, -0.25) is 9.78 Å². The number of nitrogens with zero attached hydrogens (tertiary/aromatic N) is 2. The fraction of sp³-hybridized carbons (Fsp3) is 0.0476. The lowest BCUT2D eigenvalue weighted by atomic mass is 10.2. The van der Waals surface area contributed by atoms with Crippen LogP contribution in [0.3, 0.4) is 0 Å². The van der Waals surface area contributed by atoms with Crippen LogP contribution >= 0.6 is 0 Å². The molecule has 0 unspecified atom stereocenters. The monoisotopic (exact) mass is 372 g/mol. The van der Waals surface area contributed by atoms with Crippen LogP contribution in [-0.4, -0.2) is 24.0 Å². The highest BCUT2D eigenvalue weighted by molar-refractivity contribution is 6.04. The van der Waals surface area contributed by atoms with Crippen molar-refractivity contribution in [3.63, 3.8) is 0 Å². The van der Waals surface area contributed by atoms with Gasteiger partial charge in [-0.05, 0) is 48.5 Å². The molecule has 2 aromatic carbocycles. The number of carbonyl (C=O) groups is 2. The van der Waals surface area contributed by atoms with Gasteiger partial charge in [0.05, 0.1) is 23.9 Å². The molecule has 1 amide bonds. The van der Waals surface area contributed by atoms with E-state index in [2.05, 4.69) is 20.4 Å². The third-order valence-corrected chi connectivity index (χ3v) is 3.88. The maximum atomic E-state index is 12.5. The molecule has 0 bridgehead atoms. The maximum Gasteiger partial charge on any atom is 0.337 e. The second-order valence-corrected chi connectivity index (χ2v) is 5.74. The molecule has 0 spiro atoms. The zero-order valence-electron chi connectivity index (χ0n) is 15.0. The van der Waals surface area contributed by atoms with Crippen molar-refractivity contribution in [2.45, 2.75) is 0 Å². The second kappa shape index (κ2) is 8.47. The Morgan fingerprint density at radius 2 is 1.79 bits per heavy atom. The van der Waals surface area contributed by atoms with Crippen LogP contribution < -0.4 is 10.6 Å². The van der Waals surface area contributed by atoms with E-state index in [1.165, 1.54) is 13.3 Å². The average molecular weight is 372 g/mol. The molecular weight excluding hydrogens is 356 g/mol. The smallest absolute Gasteiger partial charge is 0.337 e. The minimum Gasteiger partial charge on any atom is -0.465 e. The Morgan fingerprint density at radius 3 is 2.50 bits per heavy atom. The zero-order valence-corrected chi connectivity index (χ0v) is 15.0. The molecule has 138 valence electrons. The van der Waals surface area contributed by atoms with Gasteiger partial charge >= 0.3 is 5.97 Å². The summed E-state index contributed by atoms with van der Waals surface area (Å²) in [5.74, 6) is -0.834. The Kier molecular flexibility index (Phi) is 5.63. The number of ether oxygens (including phenoxy) is 1. The number of para-hydroxylation sites is 1. The van der Waals surface area contributed by atoms with E-state index in [0.717, 1.165) is 5.69 Å². The molecule has 7 nitrogen and oxygen atoms in total. The van der Waals surface area contributed by atoms with Crippen molar-refractivity contribution in [1.82, 2.24) is 4.98 Å². The van der Waals surface area contributed by atoms with Gasteiger partial charge in [0.2, 0.25) is 0 Å². The first-order valence-corrected chi connectivity index (χ1v) is 8.32. The summed E-state index contributed by atoms with van der Waals surface area (Å²) in [6.07, 6.45) is 1.51. The molecule has 0 atom stereocenters. The number of aromatic nitrogens is 1. The first kappa shape index (κ1) is 18.6. The summed E-state index contributed by atoms with van der Waals surface area (Å²) in [4.78, 5) is 28.0. The molecule has 1 aromatic heterocycles. The Hall–Kier alpha value is -4.18. The summed E-state index contributed by atoms with van der Waals surface area (Å²) in [6, 6.07) is 18.8. The van der Waals surface area contributed by atoms with Crippen LogP contribution in [0.2, 0.25) is 0 Å². The fourth-order valence-electron chi connectivity index (χ4n) is 2.48. The van der Waals surface area contributed by atoms with Gasteiger partial charge in [0.25, 0.3) is 5.91 Å². The molecule has 3 rings (SSSR count). The van der Waals surface area contributed by atoms with E-state index in [-0.39, 0.29) is 5.69 Å². The summed E-state index contributed by atoms with van der Waals surface area (Å²) in [6.45, 7) is 0. The van der Waals surface area contributed by atoms with Crippen LogP contribution in [0.25, 0.3) is 0 Å².